The number of rotatable bonds is 3. The van der Waals surface area contributed by atoms with Gasteiger partial charge in [-0.15, -0.1) is 0 Å². The van der Waals surface area contributed by atoms with E-state index in [1.807, 2.05) is 13.8 Å². The van der Waals surface area contributed by atoms with Crippen LogP contribution in [0.5, 0.6) is 0 Å². The number of carbonyl (C=O) groups excluding carboxylic acids is 1. The molecule has 0 rings (SSSR count). The first-order chi connectivity index (χ1) is 5.75. The van der Waals surface area contributed by atoms with Gasteiger partial charge in [0.05, 0.1) is 0 Å². The number of hydrogen-bond acceptors (Lipinski definition) is 1. The van der Waals surface area contributed by atoms with Gasteiger partial charge in [-0.05, 0) is 25.0 Å². The second-order valence-electron chi connectivity index (χ2n) is 5.11. The Hall–Kier alpha value is -0.660. The highest BCUT2D eigenvalue weighted by atomic mass is 16.1. The Morgan fingerprint density at radius 1 is 1.31 bits per heavy atom. The highest BCUT2D eigenvalue weighted by molar-refractivity contribution is 5.86. The van der Waals surface area contributed by atoms with Crippen LogP contribution in [0.15, 0.2) is 4.99 Å². The van der Waals surface area contributed by atoms with Gasteiger partial charge in [0.25, 0.3) is 5.91 Å². The van der Waals surface area contributed by atoms with E-state index in [2.05, 4.69) is 32.5 Å². The molecule has 1 unspecified atom stereocenters. The van der Waals surface area contributed by atoms with E-state index in [0.29, 0.717) is 0 Å². The Morgan fingerprint density at radius 3 is 2.00 bits per heavy atom. The van der Waals surface area contributed by atoms with E-state index in [9.17, 15) is 4.79 Å². The number of aliphatic imine (C=N–C) groups is 1. The van der Waals surface area contributed by atoms with Crippen LogP contribution in [0.25, 0.3) is 0 Å². The van der Waals surface area contributed by atoms with Crippen molar-refractivity contribution in [3.63, 3.8) is 0 Å². The molecule has 0 aliphatic heterocycles. The minimum atomic E-state index is -0.333. The molecular weight excluding hydrogens is 162 g/mol. The van der Waals surface area contributed by atoms with Crippen molar-refractivity contribution in [2.75, 3.05) is 0 Å². The lowest BCUT2D eigenvalue weighted by atomic mass is 9.73. The van der Waals surface area contributed by atoms with Gasteiger partial charge < -0.3 is 0 Å². The average Bonchev–Trinajstić information content (AvgIpc) is 1.99. The summed E-state index contributed by atoms with van der Waals surface area (Å²) < 4.78 is 0. The Morgan fingerprint density at radius 2 is 1.77 bits per heavy atom. The molecule has 2 heteroatoms. The Labute approximate surface area is 81.4 Å². The molecule has 0 aromatic rings. The molecule has 1 amide bonds. The van der Waals surface area contributed by atoms with Crippen LogP contribution in [0.1, 0.15) is 47.5 Å². The van der Waals surface area contributed by atoms with Gasteiger partial charge in [-0.25, -0.2) is 4.99 Å². The third-order valence-electron chi connectivity index (χ3n) is 2.36. The SMILES string of the molecule is C=NC(=O)C(C)(CC)CC(C)(C)C. The maximum atomic E-state index is 11.5. The zero-order chi connectivity index (χ0) is 10.7. The van der Waals surface area contributed by atoms with Crippen LogP contribution in [0.3, 0.4) is 0 Å². The quantitative estimate of drug-likeness (QED) is 0.618. The van der Waals surface area contributed by atoms with Gasteiger partial charge in [0.1, 0.15) is 0 Å². The van der Waals surface area contributed by atoms with Crippen molar-refractivity contribution >= 4 is 12.6 Å². The highest BCUT2D eigenvalue weighted by Gasteiger charge is 2.34. The van der Waals surface area contributed by atoms with E-state index in [-0.39, 0.29) is 16.7 Å². The number of hydrogen-bond donors (Lipinski definition) is 0. The van der Waals surface area contributed by atoms with Crippen LogP contribution < -0.4 is 0 Å². The predicted octanol–water partition coefficient (Wildman–Crippen LogP) is 3.07. The first-order valence-electron chi connectivity index (χ1n) is 4.76. The van der Waals surface area contributed by atoms with Crippen molar-refractivity contribution < 1.29 is 4.79 Å². The predicted molar refractivity (Wildman–Crippen MR) is 57.0 cm³/mol. The molecule has 13 heavy (non-hydrogen) atoms. The molecule has 0 aromatic carbocycles. The van der Waals surface area contributed by atoms with Gasteiger partial charge in [0, 0.05) is 5.41 Å². The van der Waals surface area contributed by atoms with E-state index in [0.717, 1.165) is 12.8 Å². The smallest absolute Gasteiger partial charge is 0.250 e. The standard InChI is InChI=1S/C11H21NO/c1-7-11(5,9(13)12-6)8-10(2,3)4/h6-8H2,1-5H3. The largest absolute Gasteiger partial charge is 0.272 e. The summed E-state index contributed by atoms with van der Waals surface area (Å²) >= 11 is 0. The van der Waals surface area contributed by atoms with Gasteiger partial charge in [0.15, 0.2) is 0 Å². The summed E-state index contributed by atoms with van der Waals surface area (Å²) in [6.07, 6.45) is 1.68. The third-order valence-corrected chi connectivity index (χ3v) is 2.36. The Balaban J connectivity index is 4.65. The molecule has 2 nitrogen and oxygen atoms in total. The number of nitrogens with zero attached hydrogens (tertiary/aromatic N) is 1. The topological polar surface area (TPSA) is 29.4 Å². The van der Waals surface area contributed by atoms with Crippen molar-refractivity contribution in [2.24, 2.45) is 15.8 Å². The molecule has 0 saturated carbocycles. The van der Waals surface area contributed by atoms with Crippen LogP contribution in [-0.2, 0) is 4.79 Å². The summed E-state index contributed by atoms with van der Waals surface area (Å²) in [6, 6.07) is 0. The van der Waals surface area contributed by atoms with Gasteiger partial charge in [-0.1, -0.05) is 34.6 Å². The van der Waals surface area contributed by atoms with E-state index in [4.69, 9.17) is 0 Å². The van der Waals surface area contributed by atoms with Gasteiger partial charge >= 0.3 is 0 Å². The summed E-state index contributed by atoms with van der Waals surface area (Å²) in [5.41, 5.74) is -0.175. The van der Waals surface area contributed by atoms with E-state index >= 15 is 0 Å². The zero-order valence-corrected chi connectivity index (χ0v) is 9.48. The maximum Gasteiger partial charge on any atom is 0.250 e. The molecule has 0 radical (unpaired) electrons. The molecule has 0 aromatic heterocycles. The molecular formula is C11H21NO. The molecule has 76 valence electrons. The van der Waals surface area contributed by atoms with E-state index in [1.165, 1.54) is 0 Å². The zero-order valence-electron chi connectivity index (χ0n) is 9.48. The van der Waals surface area contributed by atoms with Crippen LogP contribution >= 0.6 is 0 Å². The summed E-state index contributed by atoms with van der Waals surface area (Å²) in [7, 11) is 0. The van der Waals surface area contributed by atoms with Crippen LogP contribution in [-0.4, -0.2) is 12.6 Å². The molecule has 0 saturated heterocycles. The lowest BCUT2D eigenvalue weighted by Crippen LogP contribution is -2.30. The molecule has 0 aliphatic rings. The molecule has 0 N–H and O–H groups in total. The van der Waals surface area contributed by atoms with Crippen LogP contribution in [0.4, 0.5) is 0 Å². The summed E-state index contributed by atoms with van der Waals surface area (Å²) in [4.78, 5) is 15.0. The first kappa shape index (κ1) is 12.3. The summed E-state index contributed by atoms with van der Waals surface area (Å²) in [6.45, 7) is 13.7. The minimum Gasteiger partial charge on any atom is -0.272 e. The highest BCUT2D eigenvalue weighted by Crippen LogP contribution is 2.36. The lowest BCUT2D eigenvalue weighted by molar-refractivity contribution is -0.128. The normalized spacial score (nSPS) is 16.4. The molecule has 0 fully saturated rings. The fourth-order valence-corrected chi connectivity index (χ4v) is 1.71. The van der Waals surface area contributed by atoms with Crippen LogP contribution in [0, 0.1) is 10.8 Å². The van der Waals surface area contributed by atoms with Crippen molar-refractivity contribution in [1.82, 2.24) is 0 Å². The van der Waals surface area contributed by atoms with Gasteiger partial charge in [0.2, 0.25) is 0 Å². The summed E-state index contributed by atoms with van der Waals surface area (Å²) in [5.74, 6) is -0.0788. The van der Waals surface area contributed by atoms with Gasteiger partial charge in [-0.3, -0.25) is 4.79 Å². The Bertz CT molecular complexity index is 203. The van der Waals surface area contributed by atoms with E-state index in [1.54, 1.807) is 0 Å². The lowest BCUT2D eigenvalue weighted by Gasteiger charge is -2.31. The second-order valence-corrected chi connectivity index (χ2v) is 5.11. The molecule has 0 heterocycles. The molecule has 0 aliphatic carbocycles. The first-order valence-corrected chi connectivity index (χ1v) is 4.76. The molecule has 1 atom stereocenters. The average molecular weight is 183 g/mol. The third kappa shape index (κ3) is 3.71. The second kappa shape index (κ2) is 4.03. The van der Waals surface area contributed by atoms with Gasteiger partial charge in [-0.2, -0.15) is 0 Å². The molecule has 0 spiro atoms. The number of amides is 1. The fourth-order valence-electron chi connectivity index (χ4n) is 1.71. The van der Waals surface area contributed by atoms with E-state index < -0.39 is 0 Å². The fraction of sp³-hybridized carbons (Fsp3) is 0.818. The van der Waals surface area contributed by atoms with Crippen molar-refractivity contribution in [3.05, 3.63) is 0 Å². The number of carbonyl (C=O) groups is 1. The van der Waals surface area contributed by atoms with Crippen molar-refractivity contribution in [2.45, 2.75) is 47.5 Å². The van der Waals surface area contributed by atoms with Crippen molar-refractivity contribution in [1.29, 1.82) is 0 Å². The van der Waals surface area contributed by atoms with Crippen LogP contribution in [0.2, 0.25) is 0 Å². The minimum absolute atomic E-state index is 0.0788. The Kier molecular flexibility index (Phi) is 3.83. The summed E-state index contributed by atoms with van der Waals surface area (Å²) in [5, 5.41) is 0. The maximum absolute atomic E-state index is 11.5. The van der Waals surface area contributed by atoms with Crippen molar-refractivity contribution in [3.8, 4) is 0 Å². The monoisotopic (exact) mass is 183 g/mol. The molecule has 0 bridgehead atoms.